The van der Waals surface area contributed by atoms with Crippen LogP contribution in [0.15, 0.2) is 0 Å². The number of aliphatic hydroxyl groups is 2. The number of hydrogen-bond acceptors (Lipinski definition) is 4. The van der Waals surface area contributed by atoms with Crippen molar-refractivity contribution in [3.05, 3.63) is 0 Å². The number of carboxylic acids is 1. The van der Waals surface area contributed by atoms with Crippen LogP contribution in [0.5, 0.6) is 0 Å². The van der Waals surface area contributed by atoms with Crippen molar-refractivity contribution in [3.63, 3.8) is 0 Å². The summed E-state index contributed by atoms with van der Waals surface area (Å²) in [7, 11) is 0. The molecule has 0 rings (SSSR count). The molecule has 0 aliphatic rings. The highest BCUT2D eigenvalue weighted by Crippen LogP contribution is 2.09. The first kappa shape index (κ1) is 17.4. The third-order valence-corrected chi connectivity index (χ3v) is 2.83. The fourth-order valence-corrected chi connectivity index (χ4v) is 1.91. The summed E-state index contributed by atoms with van der Waals surface area (Å²) >= 11 is 0. The molecule has 0 radical (unpaired) electrons. The summed E-state index contributed by atoms with van der Waals surface area (Å²) in [5.74, 6) is -1.05. The minimum Gasteiger partial charge on any atom is -0.481 e. The van der Waals surface area contributed by atoms with Crippen molar-refractivity contribution in [2.24, 2.45) is 5.92 Å². The van der Waals surface area contributed by atoms with E-state index in [-0.39, 0.29) is 5.92 Å². The topological polar surface area (TPSA) is 81.0 Å². The maximum Gasteiger partial charge on any atom is 0.306 e. The molecule has 0 spiro atoms. The van der Waals surface area contributed by atoms with Crippen LogP contribution in [0.2, 0.25) is 0 Å². The van der Waals surface area contributed by atoms with Crippen LogP contribution >= 0.6 is 0 Å². The van der Waals surface area contributed by atoms with E-state index in [1.807, 2.05) is 4.90 Å². The van der Waals surface area contributed by atoms with Crippen LogP contribution < -0.4 is 0 Å². The van der Waals surface area contributed by atoms with E-state index in [4.69, 9.17) is 5.11 Å². The Balaban J connectivity index is 3.85. The van der Waals surface area contributed by atoms with E-state index >= 15 is 0 Å². The summed E-state index contributed by atoms with van der Waals surface area (Å²) in [5.41, 5.74) is 0. The smallest absolute Gasteiger partial charge is 0.306 e. The highest BCUT2D eigenvalue weighted by molar-refractivity contribution is 5.69. The second-order valence-corrected chi connectivity index (χ2v) is 5.19. The molecule has 0 fully saturated rings. The van der Waals surface area contributed by atoms with Crippen LogP contribution in [0.25, 0.3) is 0 Å². The first-order chi connectivity index (χ1) is 8.32. The Bertz CT molecular complexity index is 221. The Morgan fingerprint density at radius 3 is 1.94 bits per heavy atom. The molecule has 3 N–H and O–H groups in total. The molecule has 3 atom stereocenters. The lowest BCUT2D eigenvalue weighted by Gasteiger charge is -2.25. The Labute approximate surface area is 109 Å². The molecule has 18 heavy (non-hydrogen) atoms. The molecule has 0 aromatic rings. The van der Waals surface area contributed by atoms with Gasteiger partial charge in [-0.2, -0.15) is 0 Å². The summed E-state index contributed by atoms with van der Waals surface area (Å²) in [5, 5.41) is 27.5. The van der Waals surface area contributed by atoms with Crippen molar-refractivity contribution in [3.8, 4) is 0 Å². The fraction of sp³-hybridized carbons (Fsp3) is 0.923. The summed E-state index contributed by atoms with van der Waals surface area (Å²) in [4.78, 5) is 12.7. The largest absolute Gasteiger partial charge is 0.481 e. The zero-order valence-electron chi connectivity index (χ0n) is 11.7. The molecule has 108 valence electrons. The standard InChI is InChI=1S/C13H27NO4/c1-10(13(17)18)6-4-5-7-14(8-11(2)15)9-12(3)16/h10-12,15-16H,4-9H2,1-3H3,(H,17,18)/t10-,11?,12?/m0/s1. The van der Waals surface area contributed by atoms with Gasteiger partial charge in [0.25, 0.3) is 0 Å². The molecule has 0 aliphatic carbocycles. The first-order valence-electron chi connectivity index (χ1n) is 6.64. The molecule has 0 amide bonds. The van der Waals surface area contributed by atoms with Gasteiger partial charge in [-0.3, -0.25) is 9.69 Å². The van der Waals surface area contributed by atoms with E-state index in [9.17, 15) is 15.0 Å². The molecule has 0 aromatic heterocycles. The van der Waals surface area contributed by atoms with E-state index in [1.165, 1.54) is 0 Å². The average Bonchev–Trinajstić information content (AvgIpc) is 2.21. The van der Waals surface area contributed by atoms with Crippen LogP contribution in [0.3, 0.4) is 0 Å². The number of nitrogens with zero attached hydrogens (tertiary/aromatic N) is 1. The van der Waals surface area contributed by atoms with E-state index in [1.54, 1.807) is 20.8 Å². The minimum absolute atomic E-state index is 0.299. The number of aliphatic hydroxyl groups excluding tert-OH is 2. The van der Waals surface area contributed by atoms with Crippen LogP contribution in [-0.2, 0) is 4.79 Å². The molecule has 0 aliphatic heterocycles. The summed E-state index contributed by atoms with van der Waals surface area (Å²) < 4.78 is 0. The van der Waals surface area contributed by atoms with Gasteiger partial charge in [-0.25, -0.2) is 0 Å². The lowest BCUT2D eigenvalue weighted by molar-refractivity contribution is -0.141. The van der Waals surface area contributed by atoms with Crippen molar-refractivity contribution in [2.45, 2.75) is 52.2 Å². The molecule has 0 heterocycles. The Kier molecular flexibility index (Phi) is 8.97. The monoisotopic (exact) mass is 261 g/mol. The van der Waals surface area contributed by atoms with E-state index < -0.39 is 18.2 Å². The molecule has 0 aromatic carbocycles. The van der Waals surface area contributed by atoms with E-state index in [0.717, 1.165) is 19.4 Å². The van der Waals surface area contributed by atoms with E-state index in [0.29, 0.717) is 19.5 Å². The third-order valence-electron chi connectivity index (χ3n) is 2.83. The number of rotatable bonds is 10. The highest BCUT2D eigenvalue weighted by Gasteiger charge is 2.13. The van der Waals surface area contributed by atoms with E-state index in [2.05, 4.69) is 0 Å². The normalized spacial score (nSPS) is 16.6. The van der Waals surface area contributed by atoms with Gasteiger partial charge in [-0.15, -0.1) is 0 Å². The van der Waals surface area contributed by atoms with Crippen molar-refractivity contribution in [1.82, 2.24) is 4.90 Å². The van der Waals surface area contributed by atoms with Crippen molar-refractivity contribution in [2.75, 3.05) is 19.6 Å². The second-order valence-electron chi connectivity index (χ2n) is 5.19. The van der Waals surface area contributed by atoms with Crippen LogP contribution in [0, 0.1) is 5.92 Å². The molecular weight excluding hydrogens is 234 g/mol. The Morgan fingerprint density at radius 2 is 1.56 bits per heavy atom. The number of unbranched alkanes of at least 4 members (excludes halogenated alkanes) is 1. The quantitative estimate of drug-likeness (QED) is 0.510. The summed E-state index contributed by atoms with van der Waals surface area (Å²) in [6.45, 7) is 7.02. The first-order valence-corrected chi connectivity index (χ1v) is 6.64. The van der Waals surface area contributed by atoms with Crippen molar-refractivity contribution >= 4 is 5.97 Å². The zero-order valence-corrected chi connectivity index (χ0v) is 11.7. The van der Waals surface area contributed by atoms with Gasteiger partial charge in [0.05, 0.1) is 18.1 Å². The maximum absolute atomic E-state index is 10.6. The lowest BCUT2D eigenvalue weighted by Crippen LogP contribution is -2.37. The Morgan fingerprint density at radius 1 is 1.06 bits per heavy atom. The van der Waals surface area contributed by atoms with Gasteiger partial charge in [0.2, 0.25) is 0 Å². The number of hydrogen-bond donors (Lipinski definition) is 3. The molecule has 2 unspecified atom stereocenters. The molecule has 0 saturated carbocycles. The second kappa shape index (κ2) is 9.30. The van der Waals surface area contributed by atoms with Gasteiger partial charge in [0, 0.05) is 13.1 Å². The molecule has 5 heteroatoms. The summed E-state index contributed by atoms with van der Waals surface area (Å²) in [6, 6.07) is 0. The van der Waals surface area contributed by atoms with Gasteiger partial charge < -0.3 is 15.3 Å². The number of carboxylic acid groups (broad SMARTS) is 1. The van der Waals surface area contributed by atoms with Gasteiger partial charge in [-0.1, -0.05) is 13.3 Å². The van der Waals surface area contributed by atoms with Gasteiger partial charge in [-0.05, 0) is 33.2 Å². The Hall–Kier alpha value is -0.650. The zero-order chi connectivity index (χ0) is 14.1. The number of aliphatic carboxylic acids is 1. The maximum atomic E-state index is 10.6. The van der Waals surface area contributed by atoms with Crippen LogP contribution in [0.1, 0.15) is 40.0 Å². The van der Waals surface area contributed by atoms with Crippen LogP contribution in [-0.4, -0.2) is 58.0 Å². The average molecular weight is 261 g/mol. The molecular formula is C13H27NO4. The van der Waals surface area contributed by atoms with Crippen molar-refractivity contribution < 1.29 is 20.1 Å². The predicted molar refractivity (Wildman–Crippen MR) is 70.5 cm³/mol. The summed E-state index contributed by atoms with van der Waals surface area (Å²) in [6.07, 6.45) is 1.58. The fourth-order valence-electron chi connectivity index (χ4n) is 1.91. The van der Waals surface area contributed by atoms with Crippen molar-refractivity contribution in [1.29, 1.82) is 0 Å². The molecule has 0 saturated heterocycles. The highest BCUT2D eigenvalue weighted by atomic mass is 16.4. The van der Waals surface area contributed by atoms with Crippen LogP contribution in [0.4, 0.5) is 0 Å². The minimum atomic E-state index is -0.750. The SMILES string of the molecule is CC(O)CN(CCCC[C@H](C)C(=O)O)CC(C)O. The van der Waals surface area contributed by atoms with Gasteiger partial charge in [0.15, 0.2) is 0 Å². The van der Waals surface area contributed by atoms with Gasteiger partial charge >= 0.3 is 5.97 Å². The van der Waals surface area contributed by atoms with Gasteiger partial charge in [0.1, 0.15) is 0 Å². The molecule has 5 nitrogen and oxygen atoms in total. The molecule has 0 bridgehead atoms. The third kappa shape index (κ3) is 9.39. The lowest BCUT2D eigenvalue weighted by atomic mass is 10.0. The predicted octanol–water partition coefficient (Wildman–Crippen LogP) is 0.941. The number of carbonyl (C=O) groups is 1.